The van der Waals surface area contributed by atoms with Crippen molar-refractivity contribution in [2.24, 2.45) is 5.84 Å². The van der Waals surface area contributed by atoms with Crippen molar-refractivity contribution in [3.63, 3.8) is 0 Å². The molecular weight excluding hydrogens is 536 g/mol. The summed E-state index contributed by atoms with van der Waals surface area (Å²) in [6, 6.07) is 20.2. The Morgan fingerprint density at radius 1 is 0.881 bits per heavy atom. The number of carbonyl (C=O) groups is 1. The number of piperazine rings is 1. The molecule has 2 aromatic heterocycles. The number of Topliss-reactive ketones (excluding diaryl/α,β-unsaturated/α-hetero) is 1. The van der Waals surface area contributed by atoms with Gasteiger partial charge in [-0.05, 0) is 54.4 Å². The summed E-state index contributed by atoms with van der Waals surface area (Å²) in [5, 5.41) is 13.5. The van der Waals surface area contributed by atoms with Crippen molar-refractivity contribution >= 4 is 22.4 Å². The molecule has 0 radical (unpaired) electrons. The first-order valence-electron chi connectivity index (χ1n) is 13.6. The normalized spacial score (nSPS) is 13.5. The number of aromatic nitrogens is 2. The highest BCUT2D eigenvalue weighted by molar-refractivity contribution is 6.02. The van der Waals surface area contributed by atoms with E-state index in [0.717, 1.165) is 22.7 Å². The number of pyridine rings is 2. The number of halogens is 2. The lowest BCUT2D eigenvalue weighted by Gasteiger charge is -2.35. The Hall–Kier alpha value is -4.73. The van der Waals surface area contributed by atoms with Crippen LogP contribution in [-0.2, 0) is 11.2 Å². The molecule has 3 aromatic carbocycles. The minimum atomic E-state index is -0.663. The standard InChI is InChI=1S/C28H26F2N4O2.C5H5N/c1-17(35)11-19-3-2-4-23(28(19)36)18-5-6-26-24(14-18)27(33-7-9-34(31)10-8-33)25(16-32-26)20-12-21(29)15-22(30)13-20;1-2-4-6-5-3-1/h2-6,12-16,36H,7-11,31H2,1H3;1-5H. The molecule has 0 spiro atoms. The molecule has 3 N–H and O–H groups in total. The van der Waals surface area contributed by atoms with Crippen LogP contribution in [0.25, 0.3) is 33.2 Å². The van der Waals surface area contributed by atoms with Crippen LogP contribution in [0.4, 0.5) is 14.5 Å². The minimum absolute atomic E-state index is 0.0431. The van der Waals surface area contributed by atoms with Crippen LogP contribution in [0.1, 0.15) is 12.5 Å². The van der Waals surface area contributed by atoms with E-state index in [2.05, 4.69) is 14.9 Å². The van der Waals surface area contributed by atoms with Crippen molar-refractivity contribution in [1.82, 2.24) is 15.0 Å². The van der Waals surface area contributed by atoms with Gasteiger partial charge in [-0.1, -0.05) is 30.3 Å². The van der Waals surface area contributed by atoms with Crippen LogP contribution >= 0.6 is 0 Å². The third kappa shape index (κ3) is 6.59. The van der Waals surface area contributed by atoms with Crippen LogP contribution in [0.3, 0.4) is 0 Å². The molecule has 0 unspecified atom stereocenters. The quantitative estimate of drug-likeness (QED) is 0.261. The molecule has 1 saturated heterocycles. The summed E-state index contributed by atoms with van der Waals surface area (Å²) in [5.74, 6) is 4.67. The Labute approximate surface area is 242 Å². The van der Waals surface area contributed by atoms with Crippen molar-refractivity contribution in [1.29, 1.82) is 0 Å². The van der Waals surface area contributed by atoms with E-state index in [-0.39, 0.29) is 18.0 Å². The van der Waals surface area contributed by atoms with E-state index in [0.29, 0.717) is 53.9 Å². The van der Waals surface area contributed by atoms with Gasteiger partial charge in [-0.3, -0.25) is 20.6 Å². The van der Waals surface area contributed by atoms with Gasteiger partial charge in [0.25, 0.3) is 0 Å². The molecule has 9 heteroatoms. The zero-order chi connectivity index (χ0) is 29.6. The van der Waals surface area contributed by atoms with E-state index >= 15 is 0 Å². The molecule has 5 aromatic rings. The number of hydrazine groups is 1. The van der Waals surface area contributed by atoms with Gasteiger partial charge in [0, 0.05) is 79.3 Å². The maximum Gasteiger partial charge on any atom is 0.134 e. The molecule has 3 heterocycles. The lowest BCUT2D eigenvalue weighted by molar-refractivity contribution is -0.116. The summed E-state index contributed by atoms with van der Waals surface area (Å²) in [6.45, 7) is 4.01. The van der Waals surface area contributed by atoms with Gasteiger partial charge in [0.2, 0.25) is 0 Å². The maximum atomic E-state index is 14.2. The molecule has 0 aliphatic carbocycles. The van der Waals surface area contributed by atoms with E-state index in [4.69, 9.17) is 5.84 Å². The number of phenolic OH excluding ortho intramolecular Hbond substituents is 1. The fraction of sp³-hybridized carbons (Fsp3) is 0.182. The van der Waals surface area contributed by atoms with Crippen molar-refractivity contribution in [2.45, 2.75) is 13.3 Å². The molecule has 42 heavy (non-hydrogen) atoms. The SMILES string of the molecule is CC(=O)Cc1cccc(-c2ccc3ncc(-c4cc(F)cc(F)c4)c(N4CCN(N)CC4)c3c2)c1O.c1ccncc1. The zero-order valence-corrected chi connectivity index (χ0v) is 23.2. The van der Waals surface area contributed by atoms with Gasteiger partial charge in [0.15, 0.2) is 0 Å². The highest BCUT2D eigenvalue weighted by atomic mass is 19.1. The molecule has 0 amide bonds. The summed E-state index contributed by atoms with van der Waals surface area (Å²) in [4.78, 5) is 22.2. The summed E-state index contributed by atoms with van der Waals surface area (Å²) >= 11 is 0. The number of carbonyl (C=O) groups excluding carboxylic acids is 1. The van der Waals surface area contributed by atoms with E-state index in [1.165, 1.54) is 19.1 Å². The van der Waals surface area contributed by atoms with Crippen LogP contribution in [0.15, 0.2) is 91.4 Å². The average molecular weight is 568 g/mol. The lowest BCUT2D eigenvalue weighted by atomic mass is 9.95. The Morgan fingerprint density at radius 3 is 2.21 bits per heavy atom. The van der Waals surface area contributed by atoms with Crippen molar-refractivity contribution in [3.8, 4) is 28.0 Å². The first-order chi connectivity index (χ1) is 20.3. The topological polar surface area (TPSA) is 95.6 Å². The second-order valence-electron chi connectivity index (χ2n) is 10.2. The van der Waals surface area contributed by atoms with Crippen molar-refractivity contribution < 1.29 is 18.7 Å². The number of aromatic hydroxyl groups is 1. The smallest absolute Gasteiger partial charge is 0.134 e. The van der Waals surface area contributed by atoms with E-state index in [9.17, 15) is 18.7 Å². The summed E-state index contributed by atoms with van der Waals surface area (Å²) < 4.78 is 28.3. The number of benzene rings is 3. The van der Waals surface area contributed by atoms with Crippen LogP contribution in [0.2, 0.25) is 0 Å². The largest absolute Gasteiger partial charge is 0.507 e. The number of para-hydroxylation sites is 1. The van der Waals surface area contributed by atoms with Gasteiger partial charge in [-0.15, -0.1) is 0 Å². The van der Waals surface area contributed by atoms with E-state index < -0.39 is 11.6 Å². The number of rotatable bonds is 5. The highest BCUT2D eigenvalue weighted by Gasteiger charge is 2.23. The van der Waals surface area contributed by atoms with Crippen molar-refractivity contribution in [3.05, 3.63) is 109 Å². The first-order valence-corrected chi connectivity index (χ1v) is 13.6. The van der Waals surface area contributed by atoms with Crippen LogP contribution in [0, 0.1) is 11.6 Å². The summed E-state index contributed by atoms with van der Waals surface area (Å²) in [5.41, 5.74) is 4.41. The highest BCUT2D eigenvalue weighted by Crippen LogP contribution is 2.40. The molecule has 1 aliphatic heterocycles. The van der Waals surface area contributed by atoms with Gasteiger partial charge in [0.05, 0.1) is 11.2 Å². The Morgan fingerprint density at radius 2 is 1.60 bits per heavy atom. The number of ketones is 1. The number of phenols is 1. The average Bonchev–Trinajstić information content (AvgIpc) is 2.98. The van der Waals surface area contributed by atoms with Crippen LogP contribution in [0.5, 0.6) is 5.75 Å². The number of fused-ring (bicyclic) bond motifs is 1. The Balaban J connectivity index is 0.000000524. The molecule has 1 aliphatic rings. The maximum absolute atomic E-state index is 14.2. The minimum Gasteiger partial charge on any atom is -0.507 e. The molecule has 0 atom stereocenters. The van der Waals surface area contributed by atoms with E-state index in [1.807, 2.05) is 42.5 Å². The molecule has 7 nitrogen and oxygen atoms in total. The van der Waals surface area contributed by atoms with Gasteiger partial charge >= 0.3 is 0 Å². The number of hydrogen-bond donors (Lipinski definition) is 2. The number of nitrogens with zero attached hydrogens (tertiary/aromatic N) is 4. The third-order valence-corrected chi connectivity index (χ3v) is 7.08. The summed E-state index contributed by atoms with van der Waals surface area (Å²) in [7, 11) is 0. The second-order valence-corrected chi connectivity index (χ2v) is 10.2. The van der Waals surface area contributed by atoms with Gasteiger partial charge in [-0.2, -0.15) is 0 Å². The van der Waals surface area contributed by atoms with Crippen molar-refractivity contribution in [2.75, 3.05) is 31.1 Å². The van der Waals surface area contributed by atoms with E-state index in [1.54, 1.807) is 35.7 Å². The molecule has 214 valence electrons. The van der Waals surface area contributed by atoms with Gasteiger partial charge < -0.3 is 10.0 Å². The first kappa shape index (κ1) is 28.8. The molecule has 6 rings (SSSR count). The van der Waals surface area contributed by atoms with Crippen LogP contribution < -0.4 is 10.7 Å². The Kier molecular flexibility index (Phi) is 8.80. The van der Waals surface area contributed by atoms with Gasteiger partial charge in [-0.25, -0.2) is 13.8 Å². The second kappa shape index (κ2) is 12.8. The number of nitrogens with two attached hydrogens (primary N) is 1. The third-order valence-electron chi connectivity index (χ3n) is 7.08. The number of hydrogen-bond acceptors (Lipinski definition) is 7. The number of anilines is 1. The fourth-order valence-electron chi connectivity index (χ4n) is 5.10. The molecular formula is C33H31F2N5O2. The van der Waals surface area contributed by atoms with Gasteiger partial charge in [0.1, 0.15) is 23.2 Å². The predicted molar refractivity (Wildman–Crippen MR) is 161 cm³/mol. The molecule has 0 saturated carbocycles. The van der Waals surface area contributed by atoms with Crippen LogP contribution in [-0.4, -0.2) is 52.0 Å². The molecule has 0 bridgehead atoms. The lowest BCUT2D eigenvalue weighted by Crippen LogP contribution is -2.49. The monoisotopic (exact) mass is 567 g/mol. The molecule has 1 fully saturated rings. The Bertz CT molecular complexity index is 1660. The zero-order valence-electron chi connectivity index (χ0n) is 23.2. The predicted octanol–water partition coefficient (Wildman–Crippen LogP) is 5.76. The fourth-order valence-corrected chi connectivity index (χ4v) is 5.10. The summed E-state index contributed by atoms with van der Waals surface area (Å²) in [6.07, 6.45) is 5.28.